The fourth-order valence-corrected chi connectivity index (χ4v) is 2.59. The summed E-state index contributed by atoms with van der Waals surface area (Å²) in [7, 11) is 0. The first kappa shape index (κ1) is 13.7. The highest BCUT2D eigenvalue weighted by atomic mass is 19.1. The molecule has 0 saturated heterocycles. The van der Waals surface area contributed by atoms with Crippen LogP contribution in [0.15, 0.2) is 54.6 Å². The highest BCUT2D eigenvalue weighted by Crippen LogP contribution is 2.22. The maximum atomic E-state index is 13.2. The Labute approximate surface area is 123 Å². The van der Waals surface area contributed by atoms with Crippen molar-refractivity contribution >= 4 is 10.9 Å². The fraction of sp³-hybridized carbons (Fsp3) is 0.167. The Morgan fingerprint density at radius 3 is 2.71 bits per heavy atom. The van der Waals surface area contributed by atoms with Crippen LogP contribution in [0, 0.1) is 12.7 Å². The van der Waals surface area contributed by atoms with Crippen molar-refractivity contribution in [2.45, 2.75) is 19.4 Å². The Kier molecular flexibility index (Phi) is 3.67. The van der Waals surface area contributed by atoms with Gasteiger partial charge in [0.25, 0.3) is 0 Å². The van der Waals surface area contributed by atoms with E-state index in [2.05, 4.69) is 18.0 Å². The van der Waals surface area contributed by atoms with Gasteiger partial charge in [0.15, 0.2) is 0 Å². The molecule has 0 amide bonds. The number of hydrogen-bond donors (Lipinski definition) is 1. The average molecular weight is 280 g/mol. The largest absolute Gasteiger partial charge is 0.322 e. The zero-order chi connectivity index (χ0) is 14.8. The summed E-state index contributed by atoms with van der Waals surface area (Å²) in [5, 5.41) is 1.14. The molecule has 0 aliphatic rings. The molecule has 0 bridgehead atoms. The van der Waals surface area contributed by atoms with Crippen LogP contribution in [0.2, 0.25) is 0 Å². The molecule has 1 unspecified atom stereocenters. The van der Waals surface area contributed by atoms with Gasteiger partial charge in [0.05, 0.1) is 17.3 Å². The summed E-state index contributed by atoms with van der Waals surface area (Å²) in [6, 6.07) is 16.3. The number of rotatable bonds is 3. The van der Waals surface area contributed by atoms with E-state index in [0.717, 1.165) is 27.7 Å². The average Bonchev–Trinajstić information content (AvgIpc) is 2.47. The lowest BCUT2D eigenvalue weighted by Crippen LogP contribution is -2.15. The second kappa shape index (κ2) is 5.62. The molecule has 3 rings (SSSR count). The molecule has 2 N–H and O–H groups in total. The summed E-state index contributed by atoms with van der Waals surface area (Å²) in [4.78, 5) is 4.64. The van der Waals surface area contributed by atoms with Gasteiger partial charge in [-0.2, -0.15) is 0 Å². The van der Waals surface area contributed by atoms with Gasteiger partial charge in [0, 0.05) is 5.39 Å². The van der Waals surface area contributed by atoms with Crippen LogP contribution in [-0.2, 0) is 6.42 Å². The quantitative estimate of drug-likeness (QED) is 0.789. The lowest BCUT2D eigenvalue weighted by atomic mass is 10.0. The summed E-state index contributed by atoms with van der Waals surface area (Å²) >= 11 is 0. The molecule has 21 heavy (non-hydrogen) atoms. The smallest absolute Gasteiger partial charge is 0.123 e. The maximum absolute atomic E-state index is 13.2. The summed E-state index contributed by atoms with van der Waals surface area (Å²) in [5.41, 5.74) is 10.1. The van der Waals surface area contributed by atoms with Gasteiger partial charge in [-0.1, -0.05) is 30.3 Å². The number of nitrogens with two attached hydrogens (primary N) is 1. The molecule has 1 atom stereocenters. The molecular weight excluding hydrogens is 263 g/mol. The Balaban J connectivity index is 1.92. The zero-order valence-corrected chi connectivity index (χ0v) is 11.9. The predicted octanol–water partition coefficient (Wildman–Crippen LogP) is 3.92. The third-order valence-corrected chi connectivity index (χ3v) is 3.67. The number of aromatic nitrogens is 1. The standard InChI is InChI=1S/C18H17FN2/c1-12-9-18(21-17-8-3-2-7-15(12)17)16(20)11-13-5-4-6-14(19)10-13/h2-10,16H,11,20H2,1H3. The molecule has 0 aliphatic heterocycles. The highest BCUT2D eigenvalue weighted by molar-refractivity contribution is 5.82. The van der Waals surface area contributed by atoms with E-state index in [1.807, 2.05) is 30.3 Å². The third kappa shape index (κ3) is 2.93. The minimum absolute atomic E-state index is 0.234. The van der Waals surface area contributed by atoms with E-state index < -0.39 is 0 Å². The van der Waals surface area contributed by atoms with E-state index in [9.17, 15) is 4.39 Å². The number of hydrogen-bond acceptors (Lipinski definition) is 2. The Morgan fingerprint density at radius 1 is 1.10 bits per heavy atom. The van der Waals surface area contributed by atoms with E-state index in [1.165, 1.54) is 12.1 Å². The molecular formula is C18H17FN2. The molecule has 0 fully saturated rings. The first-order valence-corrected chi connectivity index (χ1v) is 7.00. The second-order valence-electron chi connectivity index (χ2n) is 5.32. The monoisotopic (exact) mass is 280 g/mol. The molecule has 2 nitrogen and oxygen atoms in total. The van der Waals surface area contributed by atoms with Crippen molar-refractivity contribution in [3.05, 3.63) is 77.2 Å². The van der Waals surface area contributed by atoms with Crippen molar-refractivity contribution in [1.82, 2.24) is 4.98 Å². The van der Waals surface area contributed by atoms with Gasteiger partial charge in [-0.15, -0.1) is 0 Å². The molecule has 3 aromatic rings. The van der Waals surface area contributed by atoms with Gasteiger partial charge >= 0.3 is 0 Å². The topological polar surface area (TPSA) is 38.9 Å². The first-order chi connectivity index (χ1) is 10.1. The van der Waals surface area contributed by atoms with Gasteiger partial charge < -0.3 is 5.73 Å². The van der Waals surface area contributed by atoms with E-state index >= 15 is 0 Å². The number of aryl methyl sites for hydroxylation is 1. The van der Waals surface area contributed by atoms with Crippen molar-refractivity contribution < 1.29 is 4.39 Å². The van der Waals surface area contributed by atoms with Crippen LogP contribution in [0.5, 0.6) is 0 Å². The van der Waals surface area contributed by atoms with Crippen molar-refractivity contribution in [2.24, 2.45) is 5.73 Å². The first-order valence-electron chi connectivity index (χ1n) is 7.00. The van der Waals surface area contributed by atoms with E-state index in [1.54, 1.807) is 6.07 Å². The number of benzene rings is 2. The van der Waals surface area contributed by atoms with Crippen molar-refractivity contribution in [3.8, 4) is 0 Å². The predicted molar refractivity (Wildman–Crippen MR) is 83.5 cm³/mol. The van der Waals surface area contributed by atoms with Crippen LogP contribution in [0.4, 0.5) is 4.39 Å². The van der Waals surface area contributed by atoms with Crippen molar-refractivity contribution in [1.29, 1.82) is 0 Å². The number of halogens is 1. The summed E-state index contributed by atoms with van der Waals surface area (Å²) in [6.07, 6.45) is 0.572. The summed E-state index contributed by atoms with van der Waals surface area (Å²) < 4.78 is 13.2. The van der Waals surface area contributed by atoms with Crippen LogP contribution in [0.1, 0.15) is 22.9 Å². The van der Waals surface area contributed by atoms with Crippen molar-refractivity contribution in [2.75, 3.05) is 0 Å². The van der Waals surface area contributed by atoms with Crippen LogP contribution < -0.4 is 5.73 Å². The van der Waals surface area contributed by atoms with Gasteiger partial charge in [0.1, 0.15) is 5.82 Å². The minimum atomic E-state index is -0.241. The van der Waals surface area contributed by atoms with Crippen LogP contribution in [0.3, 0.4) is 0 Å². The summed E-state index contributed by atoms with van der Waals surface area (Å²) in [6.45, 7) is 2.06. The molecule has 1 aromatic heterocycles. The normalized spacial score (nSPS) is 12.5. The van der Waals surface area contributed by atoms with E-state index in [-0.39, 0.29) is 11.9 Å². The molecule has 3 heteroatoms. The minimum Gasteiger partial charge on any atom is -0.322 e. The van der Waals surface area contributed by atoms with E-state index in [0.29, 0.717) is 6.42 Å². The Morgan fingerprint density at radius 2 is 1.90 bits per heavy atom. The molecule has 1 heterocycles. The number of fused-ring (bicyclic) bond motifs is 1. The maximum Gasteiger partial charge on any atom is 0.123 e. The van der Waals surface area contributed by atoms with Gasteiger partial charge in [-0.25, -0.2) is 4.39 Å². The lowest BCUT2D eigenvalue weighted by Gasteiger charge is -2.13. The Hall–Kier alpha value is -2.26. The van der Waals surface area contributed by atoms with Crippen LogP contribution >= 0.6 is 0 Å². The zero-order valence-electron chi connectivity index (χ0n) is 11.9. The lowest BCUT2D eigenvalue weighted by molar-refractivity contribution is 0.621. The van der Waals surface area contributed by atoms with Crippen molar-refractivity contribution in [3.63, 3.8) is 0 Å². The van der Waals surface area contributed by atoms with Crippen LogP contribution in [0.25, 0.3) is 10.9 Å². The molecule has 106 valence electrons. The second-order valence-corrected chi connectivity index (χ2v) is 5.32. The highest BCUT2D eigenvalue weighted by Gasteiger charge is 2.11. The summed E-state index contributed by atoms with van der Waals surface area (Å²) in [5.74, 6) is -0.234. The number of pyridine rings is 1. The molecule has 0 aliphatic carbocycles. The van der Waals surface area contributed by atoms with E-state index in [4.69, 9.17) is 5.73 Å². The van der Waals surface area contributed by atoms with Gasteiger partial charge in [0.2, 0.25) is 0 Å². The number of para-hydroxylation sites is 1. The van der Waals surface area contributed by atoms with Crippen LogP contribution in [-0.4, -0.2) is 4.98 Å². The molecule has 2 aromatic carbocycles. The SMILES string of the molecule is Cc1cc(C(N)Cc2cccc(F)c2)nc2ccccc12. The third-order valence-electron chi connectivity index (χ3n) is 3.67. The molecule has 0 spiro atoms. The fourth-order valence-electron chi connectivity index (χ4n) is 2.59. The molecule has 0 radical (unpaired) electrons. The van der Waals surface area contributed by atoms with Gasteiger partial charge in [-0.05, 0) is 48.7 Å². The molecule has 0 saturated carbocycles. The van der Waals surface area contributed by atoms with Gasteiger partial charge in [-0.3, -0.25) is 4.98 Å². The number of nitrogens with zero attached hydrogens (tertiary/aromatic N) is 1. The Bertz CT molecular complexity index is 783.